The van der Waals surface area contributed by atoms with Gasteiger partial charge in [-0.25, -0.2) is 10.8 Å². The van der Waals surface area contributed by atoms with Crippen molar-refractivity contribution in [2.45, 2.75) is 45.6 Å². The lowest BCUT2D eigenvalue weighted by atomic mass is 9.76. The highest BCUT2D eigenvalue weighted by atomic mass is 15.3. The summed E-state index contributed by atoms with van der Waals surface area (Å²) in [5.74, 6) is 6.20. The normalized spacial score (nSPS) is 20.1. The molecular weight excluding hydrogens is 236 g/mol. The molecule has 4 nitrogen and oxygen atoms in total. The van der Waals surface area contributed by atoms with E-state index < -0.39 is 0 Å². The summed E-state index contributed by atoms with van der Waals surface area (Å²) in [7, 11) is 0. The van der Waals surface area contributed by atoms with Crippen LogP contribution in [0.1, 0.15) is 39.5 Å². The quantitative estimate of drug-likeness (QED) is 0.331. The Labute approximate surface area is 115 Å². The first-order valence-corrected chi connectivity index (χ1v) is 6.95. The Bertz CT molecular complexity index is 415. The number of anilines is 1. The summed E-state index contributed by atoms with van der Waals surface area (Å²) in [5, 5.41) is 3.21. The van der Waals surface area contributed by atoms with Crippen molar-refractivity contribution in [2.24, 2.45) is 16.3 Å². The van der Waals surface area contributed by atoms with Crippen LogP contribution in [0.25, 0.3) is 0 Å². The van der Waals surface area contributed by atoms with Gasteiger partial charge < -0.3 is 5.32 Å². The number of benzene rings is 1. The zero-order valence-corrected chi connectivity index (χ0v) is 11.8. The maximum Gasteiger partial charge on any atom is 0.210 e. The Morgan fingerprint density at radius 1 is 1.21 bits per heavy atom. The molecule has 0 heterocycles. The van der Waals surface area contributed by atoms with Crippen LogP contribution in [-0.4, -0.2) is 12.0 Å². The SMILES string of the molecule is CC1(C)CCC(N=C(NN)Nc2ccccc2)CC1. The first-order valence-electron chi connectivity index (χ1n) is 6.95. The van der Waals surface area contributed by atoms with Crippen molar-refractivity contribution in [3.63, 3.8) is 0 Å². The fraction of sp³-hybridized carbons (Fsp3) is 0.533. The third-order valence-electron chi connectivity index (χ3n) is 3.79. The van der Waals surface area contributed by atoms with Crippen LogP contribution in [-0.2, 0) is 0 Å². The van der Waals surface area contributed by atoms with E-state index in [4.69, 9.17) is 5.84 Å². The molecule has 1 fully saturated rings. The van der Waals surface area contributed by atoms with Gasteiger partial charge in [-0.3, -0.25) is 5.43 Å². The second-order valence-corrected chi connectivity index (χ2v) is 6.01. The van der Waals surface area contributed by atoms with E-state index in [9.17, 15) is 0 Å². The topological polar surface area (TPSA) is 62.4 Å². The number of para-hydroxylation sites is 1. The van der Waals surface area contributed by atoms with E-state index in [0.717, 1.165) is 18.5 Å². The van der Waals surface area contributed by atoms with E-state index in [2.05, 4.69) is 29.6 Å². The summed E-state index contributed by atoms with van der Waals surface area (Å²) in [4.78, 5) is 4.68. The van der Waals surface area contributed by atoms with Crippen LogP contribution in [0, 0.1) is 5.41 Å². The van der Waals surface area contributed by atoms with E-state index in [1.54, 1.807) is 0 Å². The number of hydrazine groups is 1. The highest BCUT2D eigenvalue weighted by molar-refractivity contribution is 5.93. The third-order valence-corrected chi connectivity index (χ3v) is 3.79. The van der Waals surface area contributed by atoms with Crippen LogP contribution in [0.5, 0.6) is 0 Å². The van der Waals surface area contributed by atoms with Crippen molar-refractivity contribution in [1.82, 2.24) is 5.43 Å². The molecule has 0 bridgehead atoms. The minimum absolute atomic E-state index is 0.371. The molecule has 1 aromatic carbocycles. The first kappa shape index (κ1) is 13.9. The largest absolute Gasteiger partial charge is 0.325 e. The zero-order chi connectivity index (χ0) is 13.7. The molecule has 4 heteroatoms. The average molecular weight is 260 g/mol. The van der Waals surface area contributed by atoms with Crippen molar-refractivity contribution in [1.29, 1.82) is 0 Å². The lowest BCUT2D eigenvalue weighted by Gasteiger charge is -2.32. The van der Waals surface area contributed by atoms with Gasteiger partial charge in [0.25, 0.3) is 0 Å². The van der Waals surface area contributed by atoms with Crippen molar-refractivity contribution in [3.05, 3.63) is 30.3 Å². The number of nitrogens with two attached hydrogens (primary N) is 1. The fourth-order valence-electron chi connectivity index (χ4n) is 2.46. The first-order chi connectivity index (χ1) is 9.09. The molecule has 104 valence electrons. The monoisotopic (exact) mass is 260 g/mol. The molecule has 0 amide bonds. The van der Waals surface area contributed by atoms with Crippen LogP contribution < -0.4 is 16.6 Å². The zero-order valence-electron chi connectivity index (χ0n) is 11.8. The van der Waals surface area contributed by atoms with Gasteiger partial charge in [0.05, 0.1) is 6.04 Å². The van der Waals surface area contributed by atoms with Gasteiger partial charge in [0.2, 0.25) is 5.96 Å². The van der Waals surface area contributed by atoms with Gasteiger partial charge in [-0.05, 0) is 43.2 Å². The summed E-state index contributed by atoms with van der Waals surface area (Å²) in [5.41, 5.74) is 4.12. The summed E-state index contributed by atoms with van der Waals surface area (Å²) in [6, 6.07) is 10.3. The summed E-state index contributed by atoms with van der Waals surface area (Å²) < 4.78 is 0. The molecule has 1 aliphatic rings. The smallest absolute Gasteiger partial charge is 0.210 e. The average Bonchev–Trinajstić information content (AvgIpc) is 2.41. The molecule has 4 N–H and O–H groups in total. The van der Waals surface area contributed by atoms with Gasteiger partial charge >= 0.3 is 0 Å². The standard InChI is InChI=1S/C15H24N4/c1-15(2)10-8-13(9-11-15)18-14(19-16)17-12-6-4-3-5-7-12/h3-7,13H,8-11,16H2,1-2H3,(H2,17,18,19). The second kappa shape index (κ2) is 6.06. The lowest BCUT2D eigenvalue weighted by Crippen LogP contribution is -2.38. The van der Waals surface area contributed by atoms with Gasteiger partial charge in [0.15, 0.2) is 0 Å². The van der Waals surface area contributed by atoms with Gasteiger partial charge in [-0.2, -0.15) is 0 Å². The number of nitrogens with zero attached hydrogens (tertiary/aromatic N) is 1. The Morgan fingerprint density at radius 3 is 2.42 bits per heavy atom. The molecular formula is C15H24N4. The minimum atomic E-state index is 0.371. The van der Waals surface area contributed by atoms with Gasteiger partial charge in [-0.1, -0.05) is 32.0 Å². The van der Waals surface area contributed by atoms with E-state index >= 15 is 0 Å². The molecule has 0 radical (unpaired) electrons. The molecule has 2 rings (SSSR count). The highest BCUT2D eigenvalue weighted by Gasteiger charge is 2.26. The van der Waals surface area contributed by atoms with Crippen LogP contribution >= 0.6 is 0 Å². The number of guanidine groups is 1. The van der Waals surface area contributed by atoms with Crippen molar-refractivity contribution in [2.75, 3.05) is 5.32 Å². The fourth-order valence-corrected chi connectivity index (χ4v) is 2.46. The Hall–Kier alpha value is -1.55. The van der Waals surface area contributed by atoms with Crippen LogP contribution in [0.2, 0.25) is 0 Å². The molecule has 0 saturated heterocycles. The van der Waals surface area contributed by atoms with Crippen LogP contribution in [0.15, 0.2) is 35.3 Å². The van der Waals surface area contributed by atoms with E-state index in [1.807, 2.05) is 30.3 Å². The Balaban J connectivity index is 1.96. The van der Waals surface area contributed by atoms with Crippen molar-refractivity contribution >= 4 is 11.6 Å². The van der Waals surface area contributed by atoms with Crippen molar-refractivity contribution < 1.29 is 0 Å². The van der Waals surface area contributed by atoms with Crippen LogP contribution in [0.3, 0.4) is 0 Å². The number of aliphatic imine (C=N–C) groups is 1. The number of hydrogen-bond acceptors (Lipinski definition) is 2. The molecule has 1 aromatic rings. The molecule has 0 aromatic heterocycles. The molecule has 0 unspecified atom stereocenters. The van der Waals surface area contributed by atoms with Gasteiger partial charge in [-0.15, -0.1) is 0 Å². The molecule has 1 saturated carbocycles. The predicted molar refractivity (Wildman–Crippen MR) is 80.9 cm³/mol. The van der Waals surface area contributed by atoms with Crippen LogP contribution in [0.4, 0.5) is 5.69 Å². The number of hydrogen-bond donors (Lipinski definition) is 3. The van der Waals surface area contributed by atoms with Crippen molar-refractivity contribution in [3.8, 4) is 0 Å². The molecule has 0 spiro atoms. The minimum Gasteiger partial charge on any atom is -0.325 e. The lowest BCUT2D eigenvalue weighted by molar-refractivity contribution is 0.226. The van der Waals surface area contributed by atoms with E-state index in [-0.39, 0.29) is 0 Å². The second-order valence-electron chi connectivity index (χ2n) is 6.01. The van der Waals surface area contributed by atoms with Gasteiger partial charge in [0, 0.05) is 5.69 Å². The predicted octanol–water partition coefficient (Wildman–Crippen LogP) is 2.89. The molecule has 19 heavy (non-hydrogen) atoms. The third kappa shape index (κ3) is 4.24. The molecule has 1 aliphatic carbocycles. The van der Waals surface area contributed by atoms with Gasteiger partial charge in [0.1, 0.15) is 0 Å². The maximum absolute atomic E-state index is 5.55. The summed E-state index contributed by atoms with van der Waals surface area (Å²) >= 11 is 0. The maximum atomic E-state index is 5.55. The Morgan fingerprint density at radius 2 is 1.84 bits per heavy atom. The summed E-state index contributed by atoms with van der Waals surface area (Å²) in [6.45, 7) is 4.66. The molecule has 0 aliphatic heterocycles. The number of rotatable bonds is 2. The molecule has 0 atom stereocenters. The highest BCUT2D eigenvalue weighted by Crippen LogP contribution is 2.36. The Kier molecular flexibility index (Phi) is 4.43. The summed E-state index contributed by atoms with van der Waals surface area (Å²) in [6.07, 6.45) is 4.72. The van der Waals surface area contributed by atoms with E-state index in [1.165, 1.54) is 12.8 Å². The van der Waals surface area contributed by atoms with E-state index in [0.29, 0.717) is 17.4 Å². The number of nitrogens with one attached hydrogen (secondary N) is 2.